The van der Waals surface area contributed by atoms with Gasteiger partial charge in [-0.2, -0.15) is 0 Å². The van der Waals surface area contributed by atoms with E-state index < -0.39 is 0 Å². The normalized spacial score (nSPS) is 12.5. The maximum absolute atomic E-state index is 12.7. The monoisotopic (exact) mass is 243 g/mol. The van der Waals surface area contributed by atoms with Crippen molar-refractivity contribution in [1.29, 1.82) is 0 Å². The van der Waals surface area contributed by atoms with Crippen LogP contribution in [-0.4, -0.2) is 0 Å². The zero-order chi connectivity index (χ0) is 9.84. The molecule has 0 spiro atoms. The number of hydrogen-bond donors (Lipinski definition) is 1. The van der Waals surface area contributed by atoms with E-state index >= 15 is 0 Å². The van der Waals surface area contributed by atoms with Gasteiger partial charge in [-0.1, -0.05) is 28.1 Å². The summed E-state index contributed by atoms with van der Waals surface area (Å²) in [6.45, 7) is 3.60. The van der Waals surface area contributed by atoms with Gasteiger partial charge in [0.1, 0.15) is 5.82 Å². The Kier molecular flexibility index (Phi) is 3.63. The summed E-state index contributed by atoms with van der Waals surface area (Å²) in [5.74, 6) is -0.263. The SMILES string of the molecule is C=CC[C@H](N)c1ccc(F)cc1Br. The van der Waals surface area contributed by atoms with E-state index in [1.165, 1.54) is 12.1 Å². The summed E-state index contributed by atoms with van der Waals surface area (Å²) in [6, 6.07) is 4.39. The molecule has 3 heteroatoms. The van der Waals surface area contributed by atoms with Crippen molar-refractivity contribution in [3.8, 4) is 0 Å². The van der Waals surface area contributed by atoms with Crippen LogP contribution in [0.3, 0.4) is 0 Å². The molecule has 0 saturated carbocycles. The van der Waals surface area contributed by atoms with Crippen molar-refractivity contribution in [2.24, 2.45) is 5.73 Å². The molecule has 0 bridgehead atoms. The van der Waals surface area contributed by atoms with E-state index in [-0.39, 0.29) is 11.9 Å². The fraction of sp³-hybridized carbons (Fsp3) is 0.200. The Bertz CT molecular complexity index is 312. The maximum Gasteiger partial charge on any atom is 0.124 e. The first-order chi connectivity index (χ1) is 6.15. The third-order valence-electron chi connectivity index (χ3n) is 1.78. The molecule has 0 amide bonds. The minimum Gasteiger partial charge on any atom is -0.324 e. The van der Waals surface area contributed by atoms with Gasteiger partial charge in [0.15, 0.2) is 0 Å². The molecule has 0 radical (unpaired) electrons. The highest BCUT2D eigenvalue weighted by Gasteiger charge is 2.08. The Morgan fingerprint density at radius 3 is 2.85 bits per heavy atom. The lowest BCUT2D eigenvalue weighted by Crippen LogP contribution is -2.09. The zero-order valence-corrected chi connectivity index (χ0v) is 8.72. The molecule has 1 aromatic rings. The Balaban J connectivity index is 2.94. The van der Waals surface area contributed by atoms with E-state index in [0.29, 0.717) is 10.9 Å². The smallest absolute Gasteiger partial charge is 0.124 e. The summed E-state index contributed by atoms with van der Waals surface area (Å²) >= 11 is 3.26. The van der Waals surface area contributed by atoms with Gasteiger partial charge in [-0.15, -0.1) is 6.58 Å². The lowest BCUT2D eigenvalue weighted by Gasteiger charge is -2.11. The van der Waals surface area contributed by atoms with E-state index in [2.05, 4.69) is 22.5 Å². The number of benzene rings is 1. The van der Waals surface area contributed by atoms with Gasteiger partial charge in [-0.25, -0.2) is 4.39 Å². The van der Waals surface area contributed by atoms with E-state index in [1.807, 2.05) is 0 Å². The highest BCUT2D eigenvalue weighted by molar-refractivity contribution is 9.10. The van der Waals surface area contributed by atoms with Crippen molar-refractivity contribution in [2.75, 3.05) is 0 Å². The van der Waals surface area contributed by atoms with Crippen LogP contribution >= 0.6 is 15.9 Å². The minimum absolute atomic E-state index is 0.118. The van der Waals surface area contributed by atoms with Crippen LogP contribution in [0.1, 0.15) is 18.0 Å². The molecule has 0 aliphatic carbocycles. The van der Waals surface area contributed by atoms with Crippen molar-refractivity contribution in [3.63, 3.8) is 0 Å². The van der Waals surface area contributed by atoms with Crippen LogP contribution in [0, 0.1) is 5.82 Å². The molecule has 1 atom stereocenters. The second kappa shape index (κ2) is 4.53. The molecule has 0 saturated heterocycles. The second-order valence-electron chi connectivity index (χ2n) is 2.80. The van der Waals surface area contributed by atoms with Gasteiger partial charge in [-0.3, -0.25) is 0 Å². The third-order valence-corrected chi connectivity index (χ3v) is 2.47. The summed E-state index contributed by atoms with van der Waals surface area (Å²) < 4.78 is 13.4. The standard InChI is InChI=1S/C10H11BrFN/c1-2-3-10(13)8-5-4-7(12)6-9(8)11/h2,4-6,10H,1,3,13H2/t10-/m0/s1. The number of rotatable bonds is 3. The first-order valence-corrected chi connectivity index (χ1v) is 4.76. The van der Waals surface area contributed by atoms with Crippen molar-refractivity contribution in [1.82, 2.24) is 0 Å². The average molecular weight is 244 g/mol. The van der Waals surface area contributed by atoms with Gasteiger partial charge >= 0.3 is 0 Å². The van der Waals surface area contributed by atoms with Crippen molar-refractivity contribution >= 4 is 15.9 Å². The lowest BCUT2D eigenvalue weighted by atomic mass is 10.1. The zero-order valence-electron chi connectivity index (χ0n) is 7.13. The molecule has 1 aromatic carbocycles. The molecule has 0 heterocycles. The molecule has 13 heavy (non-hydrogen) atoms. The first kappa shape index (κ1) is 10.4. The Morgan fingerprint density at radius 1 is 1.62 bits per heavy atom. The van der Waals surface area contributed by atoms with Crippen LogP contribution in [0.15, 0.2) is 35.3 Å². The molecule has 0 aliphatic heterocycles. The van der Waals surface area contributed by atoms with Crippen molar-refractivity contribution in [2.45, 2.75) is 12.5 Å². The molecule has 1 rings (SSSR count). The molecular formula is C10H11BrFN. The molecular weight excluding hydrogens is 233 g/mol. The average Bonchev–Trinajstić information content (AvgIpc) is 2.04. The van der Waals surface area contributed by atoms with Gasteiger partial charge in [0.2, 0.25) is 0 Å². The second-order valence-corrected chi connectivity index (χ2v) is 3.65. The van der Waals surface area contributed by atoms with Crippen molar-refractivity contribution in [3.05, 3.63) is 46.7 Å². The lowest BCUT2D eigenvalue weighted by molar-refractivity contribution is 0.623. The third kappa shape index (κ3) is 2.64. The molecule has 0 fully saturated rings. The van der Waals surface area contributed by atoms with E-state index in [4.69, 9.17) is 5.73 Å². The molecule has 0 aliphatic rings. The fourth-order valence-corrected chi connectivity index (χ4v) is 1.75. The molecule has 1 nitrogen and oxygen atoms in total. The number of halogens is 2. The van der Waals surface area contributed by atoms with Gasteiger partial charge in [-0.05, 0) is 24.1 Å². The summed E-state index contributed by atoms with van der Waals surface area (Å²) in [7, 11) is 0. The minimum atomic E-state index is -0.263. The molecule has 0 unspecified atom stereocenters. The van der Waals surface area contributed by atoms with Gasteiger partial charge < -0.3 is 5.73 Å². The quantitative estimate of drug-likeness (QED) is 0.812. The summed E-state index contributed by atoms with van der Waals surface area (Å²) in [4.78, 5) is 0. The van der Waals surface area contributed by atoms with Gasteiger partial charge in [0.05, 0.1) is 0 Å². The van der Waals surface area contributed by atoms with Crippen LogP contribution in [-0.2, 0) is 0 Å². The summed E-state index contributed by atoms with van der Waals surface area (Å²) in [5, 5.41) is 0. The predicted octanol–water partition coefficient (Wildman–Crippen LogP) is 3.16. The van der Waals surface area contributed by atoms with Gasteiger partial charge in [0.25, 0.3) is 0 Å². The number of hydrogen-bond acceptors (Lipinski definition) is 1. The Labute approximate surface area is 85.6 Å². The summed E-state index contributed by atoms with van der Waals surface area (Å²) in [5.41, 5.74) is 6.74. The van der Waals surface area contributed by atoms with Crippen LogP contribution in [0.5, 0.6) is 0 Å². The first-order valence-electron chi connectivity index (χ1n) is 3.96. The highest BCUT2D eigenvalue weighted by atomic mass is 79.9. The Hall–Kier alpha value is -0.670. The van der Waals surface area contributed by atoms with Crippen LogP contribution in [0.4, 0.5) is 4.39 Å². The highest BCUT2D eigenvalue weighted by Crippen LogP contribution is 2.24. The van der Waals surface area contributed by atoms with E-state index in [0.717, 1.165) is 5.56 Å². The van der Waals surface area contributed by atoms with E-state index in [9.17, 15) is 4.39 Å². The van der Waals surface area contributed by atoms with Crippen LogP contribution in [0.2, 0.25) is 0 Å². The summed E-state index contributed by atoms with van der Waals surface area (Å²) in [6.07, 6.45) is 2.44. The molecule has 2 N–H and O–H groups in total. The molecule has 0 aromatic heterocycles. The van der Waals surface area contributed by atoms with E-state index in [1.54, 1.807) is 12.1 Å². The van der Waals surface area contributed by atoms with Crippen molar-refractivity contribution < 1.29 is 4.39 Å². The molecule has 70 valence electrons. The predicted molar refractivity (Wildman–Crippen MR) is 55.8 cm³/mol. The maximum atomic E-state index is 12.7. The Morgan fingerprint density at radius 2 is 2.31 bits per heavy atom. The number of nitrogens with two attached hydrogens (primary N) is 1. The van der Waals surface area contributed by atoms with Gasteiger partial charge in [0, 0.05) is 10.5 Å². The largest absolute Gasteiger partial charge is 0.324 e. The fourth-order valence-electron chi connectivity index (χ4n) is 1.11. The van der Waals surface area contributed by atoms with Crippen LogP contribution in [0.25, 0.3) is 0 Å². The topological polar surface area (TPSA) is 26.0 Å². The van der Waals surface area contributed by atoms with Crippen LogP contribution < -0.4 is 5.73 Å².